The molecule has 1 atom stereocenters. The van der Waals surface area contributed by atoms with E-state index in [2.05, 4.69) is 38.4 Å². The van der Waals surface area contributed by atoms with E-state index in [4.69, 9.17) is 4.74 Å². The molecule has 27 heavy (non-hydrogen) atoms. The van der Waals surface area contributed by atoms with E-state index in [1.807, 2.05) is 36.7 Å². The molecule has 1 aliphatic rings. The standard InChI is InChI=1S/C21H24N4O2/c26-21(11-18-14-27-9-8-22-18)23-12-16-4-3-5-17(10-16)13-25-15-24-19-6-1-2-7-20(19)25/h1-7,10,15,18,22H,8-9,11-14H2,(H,23,26). The molecular formula is C21H24N4O2. The fourth-order valence-corrected chi connectivity index (χ4v) is 3.42. The van der Waals surface area contributed by atoms with Gasteiger partial charge in [-0.3, -0.25) is 4.79 Å². The molecule has 1 aromatic heterocycles. The zero-order valence-electron chi connectivity index (χ0n) is 15.2. The van der Waals surface area contributed by atoms with Crippen molar-refractivity contribution in [3.05, 3.63) is 66.0 Å². The second kappa shape index (κ2) is 8.33. The van der Waals surface area contributed by atoms with Crippen LogP contribution in [0.4, 0.5) is 0 Å². The highest BCUT2D eigenvalue weighted by Crippen LogP contribution is 2.15. The third kappa shape index (κ3) is 4.53. The van der Waals surface area contributed by atoms with Crippen molar-refractivity contribution in [2.24, 2.45) is 0 Å². The number of nitrogens with one attached hydrogen (secondary N) is 2. The van der Waals surface area contributed by atoms with Crippen LogP contribution in [0, 0.1) is 0 Å². The predicted octanol–water partition coefficient (Wildman–Crippen LogP) is 2.08. The van der Waals surface area contributed by atoms with Gasteiger partial charge in [-0.05, 0) is 23.3 Å². The number of carbonyl (C=O) groups is 1. The highest BCUT2D eigenvalue weighted by Gasteiger charge is 2.16. The van der Waals surface area contributed by atoms with Crippen molar-refractivity contribution in [3.63, 3.8) is 0 Å². The van der Waals surface area contributed by atoms with Crippen LogP contribution in [0.1, 0.15) is 17.5 Å². The number of amides is 1. The minimum atomic E-state index is 0.0454. The normalized spacial score (nSPS) is 17.1. The molecule has 3 aromatic rings. The summed E-state index contributed by atoms with van der Waals surface area (Å²) in [4.78, 5) is 16.6. The molecule has 6 nitrogen and oxygen atoms in total. The summed E-state index contributed by atoms with van der Waals surface area (Å²) in [5.41, 5.74) is 4.41. The first-order chi connectivity index (χ1) is 13.3. The van der Waals surface area contributed by atoms with Crippen LogP contribution in [0.25, 0.3) is 11.0 Å². The van der Waals surface area contributed by atoms with Gasteiger partial charge in [-0.15, -0.1) is 0 Å². The van der Waals surface area contributed by atoms with Gasteiger partial charge in [-0.1, -0.05) is 36.4 Å². The van der Waals surface area contributed by atoms with E-state index in [0.717, 1.165) is 36.3 Å². The highest BCUT2D eigenvalue weighted by atomic mass is 16.5. The number of ether oxygens (including phenoxy) is 1. The lowest BCUT2D eigenvalue weighted by Crippen LogP contribution is -2.44. The molecular weight excluding hydrogens is 340 g/mol. The molecule has 4 rings (SSSR count). The van der Waals surface area contributed by atoms with Crippen LogP contribution in [0.3, 0.4) is 0 Å². The lowest BCUT2D eigenvalue weighted by molar-refractivity contribution is -0.122. The molecule has 0 saturated carbocycles. The summed E-state index contributed by atoms with van der Waals surface area (Å²) >= 11 is 0. The number of hydrogen-bond donors (Lipinski definition) is 2. The first kappa shape index (κ1) is 17.7. The van der Waals surface area contributed by atoms with E-state index in [9.17, 15) is 4.79 Å². The highest BCUT2D eigenvalue weighted by molar-refractivity contribution is 5.76. The van der Waals surface area contributed by atoms with Gasteiger partial charge >= 0.3 is 0 Å². The van der Waals surface area contributed by atoms with Gasteiger partial charge in [0.2, 0.25) is 5.91 Å². The van der Waals surface area contributed by atoms with Crippen LogP contribution in [-0.2, 0) is 22.6 Å². The number of aromatic nitrogens is 2. The van der Waals surface area contributed by atoms with E-state index in [1.54, 1.807) is 0 Å². The molecule has 1 aliphatic heterocycles. The molecule has 0 radical (unpaired) electrons. The smallest absolute Gasteiger partial charge is 0.221 e. The van der Waals surface area contributed by atoms with Gasteiger partial charge in [0.05, 0.1) is 30.6 Å². The number of carbonyl (C=O) groups excluding carboxylic acids is 1. The number of hydrogen-bond acceptors (Lipinski definition) is 4. The van der Waals surface area contributed by atoms with Gasteiger partial charge in [-0.25, -0.2) is 4.98 Å². The first-order valence-corrected chi connectivity index (χ1v) is 9.33. The maximum Gasteiger partial charge on any atom is 0.221 e. The van der Waals surface area contributed by atoms with Crippen LogP contribution < -0.4 is 10.6 Å². The number of benzene rings is 2. The van der Waals surface area contributed by atoms with E-state index in [0.29, 0.717) is 19.6 Å². The molecule has 2 N–H and O–H groups in total. The Balaban J connectivity index is 1.35. The minimum Gasteiger partial charge on any atom is -0.378 e. The molecule has 0 aliphatic carbocycles. The number of fused-ring (bicyclic) bond motifs is 1. The molecule has 2 aromatic carbocycles. The molecule has 0 spiro atoms. The first-order valence-electron chi connectivity index (χ1n) is 9.33. The molecule has 1 saturated heterocycles. The lowest BCUT2D eigenvalue weighted by Gasteiger charge is -2.23. The third-order valence-electron chi connectivity index (χ3n) is 4.79. The Kier molecular flexibility index (Phi) is 5.46. The van der Waals surface area contributed by atoms with Crippen LogP contribution in [0.2, 0.25) is 0 Å². The van der Waals surface area contributed by atoms with Crippen molar-refractivity contribution in [1.82, 2.24) is 20.2 Å². The summed E-state index contributed by atoms with van der Waals surface area (Å²) in [5, 5.41) is 6.31. The average molecular weight is 364 g/mol. The summed E-state index contributed by atoms with van der Waals surface area (Å²) in [6.45, 7) is 3.42. The van der Waals surface area contributed by atoms with Gasteiger partial charge in [0.25, 0.3) is 0 Å². The molecule has 2 heterocycles. The van der Waals surface area contributed by atoms with Crippen molar-refractivity contribution in [1.29, 1.82) is 0 Å². The SMILES string of the molecule is O=C(CC1COCCN1)NCc1cccc(Cn2cnc3ccccc32)c1. The van der Waals surface area contributed by atoms with Crippen LogP contribution in [0.5, 0.6) is 0 Å². The fourth-order valence-electron chi connectivity index (χ4n) is 3.42. The Hall–Kier alpha value is -2.70. The van der Waals surface area contributed by atoms with Crippen LogP contribution in [0.15, 0.2) is 54.9 Å². The number of morpholine rings is 1. The zero-order chi connectivity index (χ0) is 18.5. The summed E-state index contributed by atoms with van der Waals surface area (Å²) < 4.78 is 7.53. The third-order valence-corrected chi connectivity index (χ3v) is 4.79. The summed E-state index contributed by atoms with van der Waals surface area (Å²) in [5.74, 6) is 0.0454. The molecule has 1 fully saturated rings. The minimum absolute atomic E-state index is 0.0454. The average Bonchev–Trinajstić information content (AvgIpc) is 3.11. The van der Waals surface area contributed by atoms with Crippen molar-refractivity contribution in [3.8, 4) is 0 Å². The molecule has 0 bridgehead atoms. The number of imidazole rings is 1. The van der Waals surface area contributed by atoms with Crippen LogP contribution in [-0.4, -0.2) is 41.3 Å². The summed E-state index contributed by atoms with van der Waals surface area (Å²) in [6.07, 6.45) is 2.32. The van der Waals surface area contributed by atoms with Gasteiger partial charge in [-0.2, -0.15) is 0 Å². The quantitative estimate of drug-likeness (QED) is 0.703. The van der Waals surface area contributed by atoms with Crippen LogP contribution >= 0.6 is 0 Å². The Labute approximate surface area is 158 Å². The van der Waals surface area contributed by atoms with Crippen molar-refractivity contribution >= 4 is 16.9 Å². The lowest BCUT2D eigenvalue weighted by atomic mass is 10.1. The maximum atomic E-state index is 12.2. The van der Waals surface area contributed by atoms with Crippen molar-refractivity contribution in [2.45, 2.75) is 25.6 Å². The molecule has 140 valence electrons. The molecule has 6 heteroatoms. The van der Waals surface area contributed by atoms with E-state index in [-0.39, 0.29) is 11.9 Å². The van der Waals surface area contributed by atoms with Gasteiger partial charge < -0.3 is 19.9 Å². The summed E-state index contributed by atoms with van der Waals surface area (Å²) in [6, 6.07) is 16.5. The van der Waals surface area contributed by atoms with Crippen molar-refractivity contribution < 1.29 is 9.53 Å². The topological polar surface area (TPSA) is 68.2 Å². The van der Waals surface area contributed by atoms with Crippen molar-refractivity contribution in [2.75, 3.05) is 19.8 Å². The Morgan fingerprint density at radius 3 is 3.00 bits per heavy atom. The Morgan fingerprint density at radius 2 is 2.11 bits per heavy atom. The maximum absolute atomic E-state index is 12.2. The van der Waals surface area contributed by atoms with Gasteiger partial charge in [0, 0.05) is 32.1 Å². The molecule has 1 unspecified atom stereocenters. The zero-order valence-corrected chi connectivity index (χ0v) is 15.2. The van der Waals surface area contributed by atoms with E-state index < -0.39 is 0 Å². The summed E-state index contributed by atoms with van der Waals surface area (Å²) in [7, 11) is 0. The second-order valence-corrected chi connectivity index (χ2v) is 6.89. The Bertz CT molecular complexity index is 915. The Morgan fingerprint density at radius 1 is 1.22 bits per heavy atom. The largest absolute Gasteiger partial charge is 0.378 e. The number of nitrogens with zero attached hydrogens (tertiary/aromatic N) is 2. The monoisotopic (exact) mass is 364 g/mol. The predicted molar refractivity (Wildman–Crippen MR) is 104 cm³/mol. The second-order valence-electron chi connectivity index (χ2n) is 6.89. The van der Waals surface area contributed by atoms with E-state index in [1.165, 1.54) is 5.56 Å². The number of para-hydroxylation sites is 2. The van der Waals surface area contributed by atoms with Gasteiger partial charge in [0.15, 0.2) is 0 Å². The number of rotatable bonds is 6. The van der Waals surface area contributed by atoms with Gasteiger partial charge in [0.1, 0.15) is 0 Å². The fraction of sp³-hybridized carbons (Fsp3) is 0.333. The molecule has 1 amide bonds. The van der Waals surface area contributed by atoms with E-state index >= 15 is 0 Å².